The lowest BCUT2D eigenvalue weighted by Gasteiger charge is -2.02. The summed E-state index contributed by atoms with van der Waals surface area (Å²) in [4.78, 5) is 24.4. The van der Waals surface area contributed by atoms with E-state index in [9.17, 15) is 9.59 Å². The topological polar surface area (TPSA) is 80.9 Å². The van der Waals surface area contributed by atoms with Crippen LogP contribution in [0.15, 0.2) is 63.4 Å². The van der Waals surface area contributed by atoms with Crippen LogP contribution in [0.1, 0.15) is 27.9 Å². The quantitative estimate of drug-likeness (QED) is 0.382. The molecule has 27 heavy (non-hydrogen) atoms. The fourth-order valence-corrected chi connectivity index (χ4v) is 3.04. The smallest absolute Gasteiger partial charge is 0.338 e. The SMILES string of the molecule is CCOC(=O)c1ccc(-c2ccc(/C=N\NC(=O)Cc3cccs3)o2)cc1. The molecule has 3 aromatic rings. The van der Waals surface area contributed by atoms with E-state index >= 15 is 0 Å². The summed E-state index contributed by atoms with van der Waals surface area (Å²) in [5.74, 6) is 0.609. The zero-order valence-electron chi connectivity index (χ0n) is 14.7. The second kappa shape index (κ2) is 8.95. The van der Waals surface area contributed by atoms with Gasteiger partial charge in [0.15, 0.2) is 0 Å². The molecule has 6 nitrogen and oxygen atoms in total. The van der Waals surface area contributed by atoms with E-state index in [2.05, 4.69) is 10.5 Å². The van der Waals surface area contributed by atoms with Crippen LogP contribution in [0.5, 0.6) is 0 Å². The summed E-state index contributed by atoms with van der Waals surface area (Å²) in [6.45, 7) is 2.11. The number of hydrogen-bond acceptors (Lipinski definition) is 6. The zero-order chi connectivity index (χ0) is 19.1. The summed E-state index contributed by atoms with van der Waals surface area (Å²) in [6, 6.07) is 14.3. The van der Waals surface area contributed by atoms with Crippen molar-refractivity contribution >= 4 is 29.4 Å². The Morgan fingerprint density at radius 1 is 1.19 bits per heavy atom. The van der Waals surface area contributed by atoms with E-state index in [1.807, 2.05) is 17.5 Å². The molecular formula is C20H18N2O4S. The average Bonchev–Trinajstić information content (AvgIpc) is 3.34. The Kier molecular flexibility index (Phi) is 6.17. The third kappa shape index (κ3) is 5.15. The van der Waals surface area contributed by atoms with Crippen LogP contribution < -0.4 is 5.43 Å². The molecule has 2 aromatic heterocycles. The number of carbonyl (C=O) groups excluding carboxylic acids is 2. The number of carbonyl (C=O) groups is 2. The molecule has 3 rings (SSSR count). The van der Waals surface area contributed by atoms with Gasteiger partial charge in [0.05, 0.1) is 24.8 Å². The number of nitrogens with one attached hydrogen (secondary N) is 1. The summed E-state index contributed by atoms with van der Waals surface area (Å²) in [5, 5.41) is 5.84. The zero-order valence-corrected chi connectivity index (χ0v) is 15.5. The normalized spacial score (nSPS) is 10.9. The Bertz CT molecular complexity index is 927. The lowest BCUT2D eigenvalue weighted by Crippen LogP contribution is -2.19. The molecule has 0 saturated carbocycles. The van der Waals surface area contributed by atoms with Gasteiger partial charge in [-0.3, -0.25) is 4.79 Å². The first-order valence-corrected chi connectivity index (χ1v) is 9.25. The molecule has 0 spiro atoms. The van der Waals surface area contributed by atoms with Gasteiger partial charge in [-0.05, 0) is 42.6 Å². The lowest BCUT2D eigenvalue weighted by molar-refractivity contribution is -0.120. The van der Waals surface area contributed by atoms with E-state index < -0.39 is 0 Å². The van der Waals surface area contributed by atoms with Crippen molar-refractivity contribution in [2.75, 3.05) is 6.61 Å². The van der Waals surface area contributed by atoms with E-state index in [1.165, 1.54) is 17.6 Å². The van der Waals surface area contributed by atoms with Crippen molar-refractivity contribution < 1.29 is 18.7 Å². The maximum Gasteiger partial charge on any atom is 0.338 e. The molecule has 0 aliphatic rings. The van der Waals surface area contributed by atoms with Crippen molar-refractivity contribution in [2.45, 2.75) is 13.3 Å². The van der Waals surface area contributed by atoms with Gasteiger partial charge < -0.3 is 9.15 Å². The van der Waals surface area contributed by atoms with Crippen molar-refractivity contribution in [3.05, 3.63) is 70.1 Å². The predicted octanol–water partition coefficient (Wildman–Crippen LogP) is 3.88. The average molecular weight is 382 g/mol. The highest BCUT2D eigenvalue weighted by Crippen LogP contribution is 2.22. The van der Waals surface area contributed by atoms with E-state index in [-0.39, 0.29) is 11.9 Å². The predicted molar refractivity (Wildman–Crippen MR) is 104 cm³/mol. The Balaban J connectivity index is 1.57. The largest absolute Gasteiger partial charge is 0.462 e. The van der Waals surface area contributed by atoms with Gasteiger partial charge in [-0.1, -0.05) is 18.2 Å². The third-order valence-corrected chi connectivity index (χ3v) is 4.48. The monoisotopic (exact) mass is 382 g/mol. The first kappa shape index (κ1) is 18.6. The van der Waals surface area contributed by atoms with Gasteiger partial charge in [-0.25, -0.2) is 10.2 Å². The Morgan fingerprint density at radius 3 is 2.70 bits per heavy atom. The van der Waals surface area contributed by atoms with Crippen molar-refractivity contribution in [2.24, 2.45) is 5.10 Å². The molecule has 138 valence electrons. The van der Waals surface area contributed by atoms with E-state index in [4.69, 9.17) is 9.15 Å². The molecule has 2 heterocycles. The number of esters is 1. The summed E-state index contributed by atoms with van der Waals surface area (Å²) in [7, 11) is 0. The molecule has 0 aliphatic heterocycles. The maximum atomic E-state index is 11.8. The number of rotatable bonds is 7. The van der Waals surface area contributed by atoms with Crippen LogP contribution in [-0.4, -0.2) is 24.7 Å². The molecule has 0 atom stereocenters. The first-order chi connectivity index (χ1) is 13.2. The highest BCUT2D eigenvalue weighted by molar-refractivity contribution is 7.10. The second-order valence-corrected chi connectivity index (χ2v) is 6.58. The minimum Gasteiger partial charge on any atom is -0.462 e. The van der Waals surface area contributed by atoms with Crippen LogP contribution in [-0.2, 0) is 16.0 Å². The van der Waals surface area contributed by atoms with Gasteiger partial charge in [-0.15, -0.1) is 11.3 Å². The molecule has 1 amide bonds. The van der Waals surface area contributed by atoms with Crippen LogP contribution in [0, 0.1) is 0 Å². The maximum absolute atomic E-state index is 11.8. The highest BCUT2D eigenvalue weighted by atomic mass is 32.1. The minimum atomic E-state index is -0.352. The van der Waals surface area contributed by atoms with Gasteiger partial charge in [-0.2, -0.15) is 5.10 Å². The molecule has 7 heteroatoms. The van der Waals surface area contributed by atoms with Crippen LogP contribution in [0.2, 0.25) is 0 Å². The Labute approximate surface area is 160 Å². The Hall–Kier alpha value is -3.19. The Morgan fingerprint density at radius 2 is 2.00 bits per heavy atom. The van der Waals surface area contributed by atoms with Crippen molar-refractivity contribution in [3.8, 4) is 11.3 Å². The first-order valence-electron chi connectivity index (χ1n) is 8.37. The van der Waals surface area contributed by atoms with Gasteiger partial charge >= 0.3 is 5.97 Å². The second-order valence-electron chi connectivity index (χ2n) is 5.55. The molecule has 0 bridgehead atoms. The summed E-state index contributed by atoms with van der Waals surface area (Å²) >= 11 is 1.53. The number of nitrogens with zero attached hydrogens (tertiary/aromatic N) is 1. The van der Waals surface area contributed by atoms with Gasteiger partial charge in [0.1, 0.15) is 11.5 Å². The molecule has 0 unspecified atom stereocenters. The highest BCUT2D eigenvalue weighted by Gasteiger charge is 2.08. The molecule has 0 aliphatic carbocycles. The minimum absolute atomic E-state index is 0.185. The number of ether oxygens (including phenoxy) is 1. The molecule has 0 saturated heterocycles. The number of furan rings is 1. The van der Waals surface area contributed by atoms with Crippen LogP contribution >= 0.6 is 11.3 Å². The van der Waals surface area contributed by atoms with E-state index in [0.717, 1.165) is 10.4 Å². The lowest BCUT2D eigenvalue weighted by atomic mass is 10.1. The van der Waals surface area contributed by atoms with Crippen LogP contribution in [0.4, 0.5) is 0 Å². The number of amides is 1. The number of hydrazone groups is 1. The van der Waals surface area contributed by atoms with Crippen molar-refractivity contribution in [1.29, 1.82) is 0 Å². The van der Waals surface area contributed by atoms with Crippen molar-refractivity contribution in [1.82, 2.24) is 5.43 Å². The van der Waals surface area contributed by atoms with E-state index in [1.54, 1.807) is 43.3 Å². The summed E-state index contributed by atoms with van der Waals surface area (Å²) in [6.07, 6.45) is 1.74. The standard InChI is InChI=1S/C20H18N2O4S/c1-2-25-20(24)15-7-5-14(6-8-15)18-10-9-16(26-18)13-21-22-19(23)12-17-4-3-11-27-17/h3-11,13H,2,12H2,1H3,(H,22,23)/b21-13-. The molecular weight excluding hydrogens is 364 g/mol. The molecule has 0 fully saturated rings. The van der Waals surface area contributed by atoms with Crippen molar-refractivity contribution in [3.63, 3.8) is 0 Å². The molecule has 1 N–H and O–H groups in total. The van der Waals surface area contributed by atoms with Gasteiger partial charge in [0.2, 0.25) is 5.91 Å². The number of thiophene rings is 1. The molecule has 0 radical (unpaired) electrons. The fraction of sp³-hybridized carbons (Fsp3) is 0.150. The van der Waals surface area contributed by atoms with Crippen LogP contribution in [0.25, 0.3) is 11.3 Å². The number of benzene rings is 1. The van der Waals surface area contributed by atoms with E-state index in [0.29, 0.717) is 30.1 Å². The fourth-order valence-electron chi connectivity index (χ4n) is 2.34. The number of hydrogen-bond donors (Lipinski definition) is 1. The molecule has 1 aromatic carbocycles. The van der Waals surface area contributed by atoms with Gasteiger partial charge in [0, 0.05) is 10.4 Å². The third-order valence-electron chi connectivity index (χ3n) is 3.60. The summed E-state index contributed by atoms with van der Waals surface area (Å²) in [5.41, 5.74) is 3.79. The summed E-state index contributed by atoms with van der Waals surface area (Å²) < 4.78 is 10.7. The van der Waals surface area contributed by atoms with Gasteiger partial charge in [0.25, 0.3) is 0 Å². The van der Waals surface area contributed by atoms with Crippen LogP contribution in [0.3, 0.4) is 0 Å².